The molecule has 1 heterocycles. The molecule has 0 aliphatic rings. The predicted molar refractivity (Wildman–Crippen MR) is 125 cm³/mol. The Kier molecular flexibility index (Phi) is 10.5. The number of nitrogens with two attached hydrogens (primary N) is 1. The Morgan fingerprint density at radius 2 is 1.59 bits per heavy atom. The lowest BCUT2D eigenvalue weighted by molar-refractivity contribution is -0.142. The number of aliphatic carboxylic acids is 1. The van der Waals surface area contributed by atoms with E-state index in [0.29, 0.717) is 11.3 Å². The molecule has 34 heavy (non-hydrogen) atoms. The summed E-state index contributed by atoms with van der Waals surface area (Å²) < 4.78 is 0. The molecule has 184 valence electrons. The number of hydrogen-bond donors (Lipinski definition) is 8. The summed E-state index contributed by atoms with van der Waals surface area (Å²) in [6, 6.07) is 3.98. The van der Waals surface area contributed by atoms with Crippen molar-refractivity contribution in [3.05, 3.63) is 54.1 Å². The van der Waals surface area contributed by atoms with Crippen molar-refractivity contribution in [2.75, 3.05) is 12.4 Å². The fraction of sp³-hybridized carbons (Fsp3) is 0.381. The fourth-order valence-electron chi connectivity index (χ4n) is 2.98. The molecule has 1 aromatic carbocycles. The quantitative estimate of drug-likeness (QED) is 0.146. The number of aromatic nitrogens is 2. The van der Waals surface area contributed by atoms with Crippen molar-refractivity contribution in [3.63, 3.8) is 0 Å². The number of nitrogens with zero attached hydrogens (tertiary/aromatic N) is 1. The lowest BCUT2D eigenvalue weighted by Gasteiger charge is -2.24. The molecule has 4 atom stereocenters. The molecule has 12 nitrogen and oxygen atoms in total. The summed E-state index contributed by atoms with van der Waals surface area (Å²) >= 11 is 4.06. The molecular formula is C21H28N6O6S. The zero-order valence-electron chi connectivity index (χ0n) is 18.2. The highest BCUT2D eigenvalue weighted by atomic mass is 32.1. The summed E-state index contributed by atoms with van der Waals surface area (Å²) in [6.45, 7) is -0.615. The van der Waals surface area contributed by atoms with Crippen molar-refractivity contribution in [2.45, 2.75) is 37.0 Å². The summed E-state index contributed by atoms with van der Waals surface area (Å²) in [7, 11) is 0. The summed E-state index contributed by atoms with van der Waals surface area (Å²) in [4.78, 5) is 56.2. The summed E-state index contributed by atoms with van der Waals surface area (Å²) in [5.41, 5.74) is 6.68. The zero-order chi connectivity index (χ0) is 25.1. The smallest absolute Gasteiger partial charge is 0.326 e. The fourth-order valence-corrected chi connectivity index (χ4v) is 3.23. The topological polar surface area (TPSA) is 200 Å². The van der Waals surface area contributed by atoms with Crippen LogP contribution in [0.4, 0.5) is 0 Å². The molecule has 2 rings (SSSR count). The van der Waals surface area contributed by atoms with Gasteiger partial charge in [0.25, 0.3) is 0 Å². The number of carboxylic acids is 1. The molecule has 3 amide bonds. The maximum absolute atomic E-state index is 13.0. The highest BCUT2D eigenvalue weighted by Gasteiger charge is 2.30. The van der Waals surface area contributed by atoms with Gasteiger partial charge in [-0.25, -0.2) is 9.78 Å². The van der Waals surface area contributed by atoms with Gasteiger partial charge in [-0.15, -0.1) is 0 Å². The summed E-state index contributed by atoms with van der Waals surface area (Å²) in [5, 5.41) is 25.9. The van der Waals surface area contributed by atoms with E-state index in [1.54, 1.807) is 30.3 Å². The molecular weight excluding hydrogens is 464 g/mol. The van der Waals surface area contributed by atoms with E-state index >= 15 is 0 Å². The van der Waals surface area contributed by atoms with Gasteiger partial charge >= 0.3 is 5.97 Å². The SMILES string of the molecule is NC(CO)C(=O)NC(CS)C(=O)NC(Cc1cnc[nH]1)C(=O)NC(Cc1ccccc1)C(=O)O. The summed E-state index contributed by atoms with van der Waals surface area (Å²) in [6.07, 6.45) is 2.89. The van der Waals surface area contributed by atoms with Gasteiger partial charge in [0.15, 0.2) is 0 Å². The molecule has 0 spiro atoms. The van der Waals surface area contributed by atoms with Crippen LogP contribution in [0.3, 0.4) is 0 Å². The highest BCUT2D eigenvalue weighted by Crippen LogP contribution is 2.06. The number of thiol groups is 1. The number of benzene rings is 1. The molecule has 4 unspecified atom stereocenters. The average molecular weight is 493 g/mol. The van der Waals surface area contributed by atoms with E-state index in [2.05, 4.69) is 38.5 Å². The number of aromatic amines is 1. The van der Waals surface area contributed by atoms with Crippen molar-refractivity contribution in [3.8, 4) is 0 Å². The highest BCUT2D eigenvalue weighted by molar-refractivity contribution is 7.80. The maximum Gasteiger partial charge on any atom is 0.326 e. The molecule has 8 N–H and O–H groups in total. The van der Waals surface area contributed by atoms with E-state index in [4.69, 9.17) is 10.8 Å². The Balaban J connectivity index is 2.15. The van der Waals surface area contributed by atoms with Crippen molar-refractivity contribution >= 4 is 36.3 Å². The average Bonchev–Trinajstić information content (AvgIpc) is 3.34. The van der Waals surface area contributed by atoms with Crippen LogP contribution in [0, 0.1) is 0 Å². The van der Waals surface area contributed by atoms with Crippen molar-refractivity contribution in [1.29, 1.82) is 0 Å². The first kappa shape index (κ1) is 26.8. The van der Waals surface area contributed by atoms with Crippen LogP contribution in [-0.4, -0.2) is 80.4 Å². The number of H-pyrrole nitrogens is 1. The maximum atomic E-state index is 13.0. The number of carbonyl (C=O) groups excluding carboxylic acids is 3. The van der Waals surface area contributed by atoms with E-state index in [1.807, 2.05) is 0 Å². The van der Waals surface area contributed by atoms with Crippen LogP contribution >= 0.6 is 12.6 Å². The van der Waals surface area contributed by atoms with Gasteiger partial charge in [-0.05, 0) is 5.56 Å². The number of hydrogen-bond acceptors (Lipinski definition) is 8. The Morgan fingerprint density at radius 1 is 0.971 bits per heavy atom. The third-order valence-corrected chi connectivity index (χ3v) is 5.22. The predicted octanol–water partition coefficient (Wildman–Crippen LogP) is -2.02. The molecule has 1 aromatic heterocycles. The third-order valence-electron chi connectivity index (χ3n) is 4.86. The molecule has 13 heteroatoms. The number of amides is 3. The minimum absolute atomic E-state index is 0.0152. The van der Waals surface area contributed by atoms with E-state index in [9.17, 15) is 24.3 Å². The van der Waals surface area contributed by atoms with Gasteiger partial charge in [-0.3, -0.25) is 14.4 Å². The van der Waals surface area contributed by atoms with E-state index in [0.717, 1.165) is 0 Å². The molecule has 2 aromatic rings. The normalized spacial score (nSPS) is 14.3. The van der Waals surface area contributed by atoms with Crippen LogP contribution in [0.15, 0.2) is 42.9 Å². The second kappa shape index (κ2) is 13.3. The van der Waals surface area contributed by atoms with Gasteiger partial charge in [-0.1, -0.05) is 30.3 Å². The number of aliphatic hydroxyl groups excluding tert-OH is 1. The molecule has 0 saturated carbocycles. The Bertz CT molecular complexity index is 958. The monoisotopic (exact) mass is 492 g/mol. The van der Waals surface area contributed by atoms with Crippen LogP contribution in [0.2, 0.25) is 0 Å². The molecule has 0 radical (unpaired) electrons. The number of nitrogens with one attached hydrogen (secondary N) is 4. The largest absolute Gasteiger partial charge is 0.480 e. The molecule has 0 bridgehead atoms. The molecule has 0 aliphatic carbocycles. The standard InChI is InChI=1S/C21H28N6O6S/c22-14(9-28)18(29)27-17(10-34)20(31)25-15(7-13-8-23-11-24-13)19(30)26-16(21(32)33)6-12-4-2-1-3-5-12/h1-5,8,11,14-17,28,34H,6-7,9-10,22H2,(H,23,24)(H,25,31)(H,26,30)(H,27,29)(H,32,33). The van der Waals surface area contributed by atoms with E-state index in [1.165, 1.54) is 12.5 Å². The molecule has 0 saturated heterocycles. The number of imidazole rings is 1. The van der Waals surface area contributed by atoms with Gasteiger partial charge in [0, 0.05) is 30.5 Å². The van der Waals surface area contributed by atoms with Gasteiger partial charge in [0.1, 0.15) is 24.2 Å². The van der Waals surface area contributed by atoms with Crippen LogP contribution in [0.1, 0.15) is 11.3 Å². The first-order chi connectivity index (χ1) is 16.2. The number of carboxylic acid groups (broad SMARTS) is 1. The van der Waals surface area contributed by atoms with E-state index in [-0.39, 0.29) is 18.6 Å². The first-order valence-electron chi connectivity index (χ1n) is 10.4. The van der Waals surface area contributed by atoms with E-state index < -0.39 is 54.5 Å². The Morgan fingerprint density at radius 3 is 2.15 bits per heavy atom. The van der Waals surface area contributed by atoms with Gasteiger partial charge in [0.2, 0.25) is 17.7 Å². The van der Waals surface area contributed by atoms with Gasteiger partial charge in [0.05, 0.1) is 12.9 Å². The van der Waals surface area contributed by atoms with Gasteiger partial charge < -0.3 is 36.9 Å². The second-order valence-electron chi connectivity index (χ2n) is 7.46. The number of carbonyl (C=O) groups is 4. The van der Waals surface area contributed by atoms with Crippen LogP contribution < -0.4 is 21.7 Å². The van der Waals surface area contributed by atoms with Gasteiger partial charge in [-0.2, -0.15) is 12.6 Å². The Labute approximate surface area is 201 Å². The molecule has 0 aliphatic heterocycles. The van der Waals surface area contributed by atoms with Crippen molar-refractivity contribution in [2.24, 2.45) is 5.73 Å². The zero-order valence-corrected chi connectivity index (χ0v) is 19.1. The Hall–Kier alpha value is -3.42. The van der Waals surface area contributed by atoms with Crippen molar-refractivity contribution < 1.29 is 29.4 Å². The third kappa shape index (κ3) is 8.17. The minimum Gasteiger partial charge on any atom is -0.480 e. The van der Waals surface area contributed by atoms with Crippen LogP contribution in [0.5, 0.6) is 0 Å². The minimum atomic E-state index is -1.24. The van der Waals surface area contributed by atoms with Crippen LogP contribution in [-0.2, 0) is 32.0 Å². The lowest BCUT2D eigenvalue weighted by atomic mass is 10.0. The first-order valence-corrected chi connectivity index (χ1v) is 11.0. The van der Waals surface area contributed by atoms with Crippen molar-refractivity contribution in [1.82, 2.24) is 25.9 Å². The summed E-state index contributed by atoms with van der Waals surface area (Å²) in [5.74, 6) is -3.58. The number of aliphatic hydroxyl groups is 1. The molecule has 0 fully saturated rings. The number of rotatable bonds is 13. The second-order valence-corrected chi connectivity index (χ2v) is 7.83. The van der Waals surface area contributed by atoms with Crippen LogP contribution in [0.25, 0.3) is 0 Å². The lowest BCUT2D eigenvalue weighted by Crippen LogP contribution is -2.58.